The first-order chi connectivity index (χ1) is 9.19. The van der Waals surface area contributed by atoms with Crippen molar-refractivity contribution in [2.75, 3.05) is 5.43 Å². The zero-order valence-corrected chi connectivity index (χ0v) is 11.0. The molecule has 0 radical (unpaired) electrons. The molecule has 0 saturated heterocycles. The van der Waals surface area contributed by atoms with Crippen molar-refractivity contribution in [1.82, 2.24) is 9.97 Å². The molecule has 2 heterocycles. The van der Waals surface area contributed by atoms with E-state index in [1.165, 1.54) is 17.4 Å². The molecule has 0 spiro atoms. The SMILES string of the molecule is Cc1cc(-c2nc(NN)c3ccsc3n2)ccc1F. The van der Waals surface area contributed by atoms with Crippen molar-refractivity contribution >= 4 is 27.4 Å². The first-order valence-corrected chi connectivity index (χ1v) is 6.55. The Hall–Kier alpha value is -2.05. The molecule has 96 valence electrons. The van der Waals surface area contributed by atoms with Crippen LogP contribution in [0.1, 0.15) is 5.56 Å². The van der Waals surface area contributed by atoms with E-state index < -0.39 is 0 Å². The van der Waals surface area contributed by atoms with Gasteiger partial charge in [-0.25, -0.2) is 20.2 Å². The molecule has 3 rings (SSSR count). The fourth-order valence-electron chi connectivity index (χ4n) is 1.88. The van der Waals surface area contributed by atoms with Gasteiger partial charge in [0, 0.05) is 5.56 Å². The van der Waals surface area contributed by atoms with Crippen LogP contribution < -0.4 is 11.3 Å². The van der Waals surface area contributed by atoms with E-state index in [9.17, 15) is 4.39 Å². The fourth-order valence-corrected chi connectivity index (χ4v) is 2.64. The second-order valence-corrected chi connectivity index (χ2v) is 5.04. The third-order valence-electron chi connectivity index (χ3n) is 2.88. The van der Waals surface area contributed by atoms with Gasteiger partial charge in [-0.05, 0) is 42.1 Å². The Bertz CT molecular complexity index is 753. The van der Waals surface area contributed by atoms with Gasteiger partial charge in [0.05, 0.1) is 5.39 Å². The monoisotopic (exact) mass is 274 g/mol. The molecule has 0 atom stereocenters. The van der Waals surface area contributed by atoms with E-state index in [2.05, 4.69) is 15.4 Å². The van der Waals surface area contributed by atoms with Crippen molar-refractivity contribution in [3.8, 4) is 11.4 Å². The van der Waals surface area contributed by atoms with Crippen molar-refractivity contribution in [2.24, 2.45) is 5.84 Å². The Morgan fingerprint density at radius 1 is 1.26 bits per heavy atom. The number of benzene rings is 1. The van der Waals surface area contributed by atoms with Gasteiger partial charge < -0.3 is 5.43 Å². The number of aryl methyl sites for hydroxylation is 1. The van der Waals surface area contributed by atoms with Gasteiger partial charge in [-0.1, -0.05) is 0 Å². The summed E-state index contributed by atoms with van der Waals surface area (Å²) in [5.41, 5.74) is 3.91. The molecule has 19 heavy (non-hydrogen) atoms. The quantitative estimate of drug-likeness (QED) is 0.557. The Morgan fingerprint density at radius 2 is 2.11 bits per heavy atom. The zero-order valence-electron chi connectivity index (χ0n) is 10.1. The highest BCUT2D eigenvalue weighted by Crippen LogP contribution is 2.28. The number of rotatable bonds is 2. The topological polar surface area (TPSA) is 63.8 Å². The first kappa shape index (κ1) is 12.0. The van der Waals surface area contributed by atoms with E-state index in [-0.39, 0.29) is 5.82 Å². The van der Waals surface area contributed by atoms with Gasteiger partial charge >= 0.3 is 0 Å². The van der Waals surface area contributed by atoms with Gasteiger partial charge in [-0.15, -0.1) is 11.3 Å². The molecule has 0 aliphatic rings. The molecular weight excluding hydrogens is 263 g/mol. The van der Waals surface area contributed by atoms with Crippen LogP contribution in [0.15, 0.2) is 29.6 Å². The largest absolute Gasteiger partial charge is 0.308 e. The van der Waals surface area contributed by atoms with Crippen LogP contribution >= 0.6 is 11.3 Å². The van der Waals surface area contributed by atoms with Crippen LogP contribution in [0.3, 0.4) is 0 Å². The molecule has 0 unspecified atom stereocenters. The number of fused-ring (bicyclic) bond motifs is 1. The van der Waals surface area contributed by atoms with Gasteiger partial charge in [-0.2, -0.15) is 0 Å². The van der Waals surface area contributed by atoms with Gasteiger partial charge in [-0.3, -0.25) is 0 Å². The molecule has 3 N–H and O–H groups in total. The van der Waals surface area contributed by atoms with E-state index in [0.717, 1.165) is 15.8 Å². The van der Waals surface area contributed by atoms with E-state index in [1.807, 2.05) is 11.4 Å². The molecule has 0 aliphatic heterocycles. The summed E-state index contributed by atoms with van der Waals surface area (Å²) in [6, 6.07) is 6.72. The third kappa shape index (κ3) is 2.05. The predicted octanol–water partition coefficient (Wildman–Crippen LogP) is 3.09. The summed E-state index contributed by atoms with van der Waals surface area (Å²) >= 11 is 1.51. The number of hydrazine groups is 1. The van der Waals surface area contributed by atoms with Crippen LogP contribution in [0.4, 0.5) is 10.2 Å². The van der Waals surface area contributed by atoms with Crippen LogP contribution in [-0.2, 0) is 0 Å². The Balaban J connectivity index is 2.21. The highest BCUT2D eigenvalue weighted by Gasteiger charge is 2.10. The van der Waals surface area contributed by atoms with Crippen molar-refractivity contribution < 1.29 is 4.39 Å². The van der Waals surface area contributed by atoms with E-state index in [4.69, 9.17) is 5.84 Å². The second-order valence-electron chi connectivity index (χ2n) is 4.14. The lowest BCUT2D eigenvalue weighted by Gasteiger charge is -2.06. The summed E-state index contributed by atoms with van der Waals surface area (Å²) in [6.45, 7) is 1.71. The van der Waals surface area contributed by atoms with Gasteiger partial charge in [0.25, 0.3) is 0 Å². The summed E-state index contributed by atoms with van der Waals surface area (Å²) < 4.78 is 13.3. The molecule has 1 aromatic carbocycles. The number of nitrogens with one attached hydrogen (secondary N) is 1. The number of nitrogen functional groups attached to an aromatic ring is 1. The van der Waals surface area contributed by atoms with E-state index >= 15 is 0 Å². The average Bonchev–Trinajstić information content (AvgIpc) is 2.89. The molecule has 0 fully saturated rings. The number of halogens is 1. The highest BCUT2D eigenvalue weighted by atomic mass is 32.1. The summed E-state index contributed by atoms with van der Waals surface area (Å²) in [5.74, 6) is 6.35. The van der Waals surface area contributed by atoms with Gasteiger partial charge in [0.15, 0.2) is 11.6 Å². The molecule has 2 aromatic heterocycles. The van der Waals surface area contributed by atoms with Crippen molar-refractivity contribution in [3.63, 3.8) is 0 Å². The zero-order chi connectivity index (χ0) is 13.4. The summed E-state index contributed by atoms with van der Waals surface area (Å²) in [4.78, 5) is 9.69. The summed E-state index contributed by atoms with van der Waals surface area (Å²) in [5, 5.41) is 2.81. The normalized spacial score (nSPS) is 10.9. The predicted molar refractivity (Wildman–Crippen MR) is 75.4 cm³/mol. The maximum Gasteiger partial charge on any atom is 0.163 e. The van der Waals surface area contributed by atoms with Crippen LogP contribution in [0.2, 0.25) is 0 Å². The lowest BCUT2D eigenvalue weighted by atomic mass is 10.1. The fraction of sp³-hybridized carbons (Fsp3) is 0.0769. The maximum atomic E-state index is 13.3. The first-order valence-electron chi connectivity index (χ1n) is 5.67. The standard InChI is InChI=1S/C13H11FN4S/c1-7-6-8(2-3-10(7)14)11-16-12(18-15)9-4-5-19-13(9)17-11/h2-6H,15H2,1H3,(H,16,17,18). The number of nitrogens with zero attached hydrogens (tertiary/aromatic N) is 2. The molecule has 4 nitrogen and oxygen atoms in total. The number of hydrogen-bond acceptors (Lipinski definition) is 5. The number of aromatic nitrogens is 2. The summed E-state index contributed by atoms with van der Waals surface area (Å²) in [7, 11) is 0. The van der Waals surface area contributed by atoms with Crippen molar-refractivity contribution in [3.05, 3.63) is 41.0 Å². The second kappa shape index (κ2) is 4.56. The van der Waals surface area contributed by atoms with Crippen molar-refractivity contribution in [2.45, 2.75) is 6.92 Å². The number of nitrogens with two attached hydrogens (primary N) is 1. The van der Waals surface area contributed by atoms with Gasteiger partial charge in [0.2, 0.25) is 0 Å². The molecule has 0 saturated carbocycles. The number of thiophene rings is 1. The maximum absolute atomic E-state index is 13.3. The average molecular weight is 274 g/mol. The van der Waals surface area contributed by atoms with Crippen LogP contribution in [0.25, 0.3) is 21.6 Å². The molecule has 0 aliphatic carbocycles. The Morgan fingerprint density at radius 3 is 2.84 bits per heavy atom. The van der Waals surface area contributed by atoms with Crippen LogP contribution in [0, 0.1) is 12.7 Å². The molecule has 3 aromatic rings. The van der Waals surface area contributed by atoms with Gasteiger partial charge in [0.1, 0.15) is 10.6 Å². The van der Waals surface area contributed by atoms with E-state index in [1.54, 1.807) is 19.1 Å². The minimum Gasteiger partial charge on any atom is -0.308 e. The van der Waals surface area contributed by atoms with Crippen LogP contribution in [-0.4, -0.2) is 9.97 Å². The Kier molecular flexibility index (Phi) is 2.88. The Labute approximate surface area is 113 Å². The smallest absolute Gasteiger partial charge is 0.163 e. The molecule has 6 heteroatoms. The molecule has 0 bridgehead atoms. The third-order valence-corrected chi connectivity index (χ3v) is 3.68. The lowest BCUT2D eigenvalue weighted by molar-refractivity contribution is 0.618. The van der Waals surface area contributed by atoms with Crippen molar-refractivity contribution in [1.29, 1.82) is 0 Å². The molecular formula is C13H11FN4S. The highest BCUT2D eigenvalue weighted by molar-refractivity contribution is 7.16. The minimum atomic E-state index is -0.238. The van der Waals surface area contributed by atoms with Crippen LogP contribution in [0.5, 0.6) is 0 Å². The number of anilines is 1. The number of hydrogen-bond donors (Lipinski definition) is 2. The minimum absolute atomic E-state index is 0.238. The summed E-state index contributed by atoms with van der Waals surface area (Å²) in [6.07, 6.45) is 0. The molecule has 0 amide bonds. The lowest BCUT2D eigenvalue weighted by Crippen LogP contribution is -2.09. The van der Waals surface area contributed by atoms with E-state index in [0.29, 0.717) is 17.2 Å².